The van der Waals surface area contributed by atoms with Gasteiger partial charge in [0.05, 0.1) is 0 Å². The number of carbonyl (C=O) groups excluding carboxylic acids is 1. The van der Waals surface area contributed by atoms with Crippen LogP contribution in [0, 0.1) is 17.5 Å². The highest BCUT2D eigenvalue weighted by Crippen LogP contribution is 2.32. The van der Waals surface area contributed by atoms with E-state index in [0.29, 0.717) is 6.42 Å². The molecule has 0 fully saturated rings. The number of nitrogens with zero attached hydrogens (tertiary/aromatic N) is 1. The van der Waals surface area contributed by atoms with Gasteiger partial charge in [0.2, 0.25) is 0 Å². The predicted molar refractivity (Wildman–Crippen MR) is 71.9 cm³/mol. The number of halogens is 3. The van der Waals surface area contributed by atoms with Crippen molar-refractivity contribution in [3.8, 4) is 0 Å². The van der Waals surface area contributed by atoms with Crippen LogP contribution in [0.5, 0.6) is 0 Å². The molecule has 1 aromatic carbocycles. The van der Waals surface area contributed by atoms with Crippen LogP contribution in [0.4, 0.5) is 13.2 Å². The number of fused-ring (bicyclic) bond motifs is 1. The predicted octanol–water partition coefficient (Wildman–Crippen LogP) is 3.72. The summed E-state index contributed by atoms with van der Waals surface area (Å²) in [6, 6.07) is 0.939. The van der Waals surface area contributed by atoms with Crippen LogP contribution >= 0.6 is 0 Å². The van der Waals surface area contributed by atoms with E-state index in [1.807, 2.05) is 25.2 Å². The Hall–Kier alpha value is -2.30. The molecule has 108 valence electrons. The van der Waals surface area contributed by atoms with E-state index in [4.69, 9.17) is 0 Å². The maximum Gasteiger partial charge on any atom is 0.194 e. The summed E-state index contributed by atoms with van der Waals surface area (Å²) < 4.78 is 39.5. The van der Waals surface area contributed by atoms with Crippen LogP contribution in [0.1, 0.15) is 23.7 Å². The molecule has 0 N–H and O–H groups in total. The Morgan fingerprint density at radius 2 is 1.90 bits per heavy atom. The van der Waals surface area contributed by atoms with Crippen LogP contribution in [-0.4, -0.2) is 16.7 Å². The second-order valence-corrected chi connectivity index (χ2v) is 5.06. The van der Waals surface area contributed by atoms with Crippen molar-refractivity contribution < 1.29 is 18.0 Å². The molecule has 1 aromatic rings. The smallest absolute Gasteiger partial charge is 0.194 e. The highest BCUT2D eigenvalue weighted by Gasteiger charge is 2.33. The van der Waals surface area contributed by atoms with E-state index in [1.165, 1.54) is 0 Å². The van der Waals surface area contributed by atoms with Crippen LogP contribution in [-0.2, 0) is 0 Å². The van der Waals surface area contributed by atoms with Crippen LogP contribution < -0.4 is 0 Å². The molecular weight excluding hydrogens is 279 g/mol. The van der Waals surface area contributed by atoms with Gasteiger partial charge in [0.15, 0.2) is 23.2 Å². The van der Waals surface area contributed by atoms with E-state index in [2.05, 4.69) is 0 Å². The molecule has 0 radical (unpaired) electrons. The molecule has 0 saturated carbocycles. The first-order valence-corrected chi connectivity index (χ1v) is 6.51. The molecule has 1 unspecified atom stereocenters. The Morgan fingerprint density at radius 1 is 1.24 bits per heavy atom. The van der Waals surface area contributed by atoms with Crippen molar-refractivity contribution in [3.63, 3.8) is 0 Å². The van der Waals surface area contributed by atoms with Crippen LogP contribution in [0.15, 0.2) is 47.8 Å². The average Bonchev–Trinajstić information content (AvgIpc) is 2.89. The van der Waals surface area contributed by atoms with Crippen molar-refractivity contribution in [1.82, 2.24) is 4.90 Å². The van der Waals surface area contributed by atoms with Gasteiger partial charge >= 0.3 is 0 Å². The third-order valence-corrected chi connectivity index (χ3v) is 3.72. The van der Waals surface area contributed by atoms with Crippen LogP contribution in [0.2, 0.25) is 0 Å². The van der Waals surface area contributed by atoms with Gasteiger partial charge in [-0.25, -0.2) is 13.2 Å². The highest BCUT2D eigenvalue weighted by atomic mass is 19.2. The number of ketones is 1. The monoisotopic (exact) mass is 291 g/mol. The van der Waals surface area contributed by atoms with Crippen molar-refractivity contribution >= 4 is 5.78 Å². The summed E-state index contributed by atoms with van der Waals surface area (Å²) in [5.74, 6) is -4.70. The first kappa shape index (κ1) is 13.7. The van der Waals surface area contributed by atoms with E-state index in [1.54, 1.807) is 11.1 Å². The van der Waals surface area contributed by atoms with E-state index in [9.17, 15) is 18.0 Å². The van der Waals surface area contributed by atoms with Gasteiger partial charge in [-0.3, -0.25) is 4.79 Å². The van der Waals surface area contributed by atoms with Gasteiger partial charge in [-0.2, -0.15) is 0 Å². The Labute approximate surface area is 119 Å². The second kappa shape index (κ2) is 4.91. The van der Waals surface area contributed by atoms with Crippen LogP contribution in [0.25, 0.3) is 0 Å². The Balaban J connectivity index is 1.91. The molecule has 2 aliphatic heterocycles. The van der Waals surface area contributed by atoms with Gasteiger partial charge in [-0.05, 0) is 37.1 Å². The summed E-state index contributed by atoms with van der Waals surface area (Å²) >= 11 is 0. The van der Waals surface area contributed by atoms with Crippen molar-refractivity contribution in [1.29, 1.82) is 0 Å². The number of carbonyl (C=O) groups is 1. The standard InChI is InChI=1S/C16H12F3NO/c1-9-3-2-6-20-13(9)4-5-14(20)16(21)10-7-11(17)15(19)12(18)8-10/h2-4,6-8,14H,5H2,1H3. The van der Waals surface area contributed by atoms with Crippen molar-refractivity contribution in [2.24, 2.45) is 0 Å². The molecule has 1 atom stereocenters. The molecule has 3 rings (SSSR count). The lowest BCUT2D eigenvalue weighted by molar-refractivity contribution is 0.0906. The topological polar surface area (TPSA) is 20.3 Å². The fraction of sp³-hybridized carbons (Fsp3) is 0.188. The van der Waals surface area contributed by atoms with Gasteiger partial charge in [0.25, 0.3) is 0 Å². The molecule has 0 bridgehead atoms. The summed E-state index contributed by atoms with van der Waals surface area (Å²) in [5, 5.41) is 0. The van der Waals surface area contributed by atoms with Gasteiger partial charge in [-0.1, -0.05) is 12.2 Å². The minimum Gasteiger partial charge on any atom is -0.337 e. The van der Waals surface area contributed by atoms with Crippen molar-refractivity contribution in [2.45, 2.75) is 19.4 Å². The molecule has 0 aliphatic carbocycles. The summed E-state index contributed by atoms with van der Waals surface area (Å²) in [6.07, 6.45) is 7.85. The molecule has 0 aromatic heterocycles. The fourth-order valence-corrected chi connectivity index (χ4v) is 2.65. The zero-order valence-electron chi connectivity index (χ0n) is 11.2. The molecule has 21 heavy (non-hydrogen) atoms. The highest BCUT2D eigenvalue weighted by molar-refractivity contribution is 6.01. The Kier molecular flexibility index (Phi) is 3.20. The number of hydrogen-bond donors (Lipinski definition) is 0. The quantitative estimate of drug-likeness (QED) is 0.611. The van der Waals surface area contributed by atoms with Gasteiger partial charge < -0.3 is 4.90 Å². The normalized spacial score (nSPS) is 20.2. The Morgan fingerprint density at radius 3 is 2.57 bits per heavy atom. The van der Waals surface area contributed by atoms with Crippen LogP contribution in [0.3, 0.4) is 0 Å². The average molecular weight is 291 g/mol. The first-order valence-electron chi connectivity index (χ1n) is 6.51. The number of allylic oxidation sites excluding steroid dienone is 3. The van der Waals surface area contributed by atoms with E-state index >= 15 is 0 Å². The molecular formula is C16H12F3NO. The zero-order valence-corrected chi connectivity index (χ0v) is 11.2. The SMILES string of the molecule is CC1=CC=CN2C1=CCC2C(=O)c1cc(F)c(F)c(F)c1. The summed E-state index contributed by atoms with van der Waals surface area (Å²) in [5.41, 5.74) is 1.77. The van der Waals surface area contributed by atoms with E-state index in [-0.39, 0.29) is 5.56 Å². The molecule has 2 heterocycles. The van der Waals surface area contributed by atoms with Crippen molar-refractivity contribution in [2.75, 3.05) is 0 Å². The minimum atomic E-state index is -1.56. The molecule has 2 nitrogen and oxygen atoms in total. The third kappa shape index (κ3) is 2.18. The number of benzene rings is 1. The lowest BCUT2D eigenvalue weighted by Crippen LogP contribution is -2.34. The zero-order chi connectivity index (χ0) is 15.1. The van der Waals surface area contributed by atoms with Crippen molar-refractivity contribution in [3.05, 3.63) is 70.8 Å². The minimum absolute atomic E-state index is 0.161. The molecule has 0 spiro atoms. The van der Waals surface area contributed by atoms with Gasteiger partial charge in [0.1, 0.15) is 6.04 Å². The largest absolute Gasteiger partial charge is 0.337 e. The van der Waals surface area contributed by atoms with E-state index in [0.717, 1.165) is 23.4 Å². The van der Waals surface area contributed by atoms with Gasteiger partial charge in [0, 0.05) is 17.5 Å². The number of hydrogen-bond acceptors (Lipinski definition) is 2. The summed E-state index contributed by atoms with van der Waals surface area (Å²) in [4.78, 5) is 14.2. The molecule has 0 saturated heterocycles. The summed E-state index contributed by atoms with van der Waals surface area (Å²) in [6.45, 7) is 1.92. The second-order valence-electron chi connectivity index (χ2n) is 5.06. The lowest BCUT2D eigenvalue weighted by Gasteiger charge is -2.27. The molecule has 5 heteroatoms. The van der Waals surface area contributed by atoms with Gasteiger partial charge in [-0.15, -0.1) is 0 Å². The molecule has 0 amide bonds. The number of Topliss-reactive ketones (excluding diaryl/α,β-unsaturated/α-hetero) is 1. The maximum absolute atomic E-state index is 13.3. The summed E-state index contributed by atoms with van der Waals surface area (Å²) in [7, 11) is 0. The fourth-order valence-electron chi connectivity index (χ4n) is 2.65. The number of rotatable bonds is 2. The molecule has 2 aliphatic rings. The first-order chi connectivity index (χ1) is 9.99. The maximum atomic E-state index is 13.3. The lowest BCUT2D eigenvalue weighted by atomic mass is 10.0. The Bertz CT molecular complexity index is 695. The third-order valence-electron chi connectivity index (χ3n) is 3.72. The van der Waals surface area contributed by atoms with E-state index < -0.39 is 29.3 Å².